The van der Waals surface area contributed by atoms with Crippen LogP contribution in [0.3, 0.4) is 0 Å². The number of anilines is 1. The molecule has 26 heavy (non-hydrogen) atoms. The topological polar surface area (TPSA) is 75.3 Å². The average Bonchev–Trinajstić information content (AvgIpc) is 2.55. The van der Waals surface area contributed by atoms with E-state index in [1.54, 1.807) is 24.3 Å². The van der Waals surface area contributed by atoms with Crippen molar-refractivity contribution in [3.63, 3.8) is 0 Å². The second-order valence-corrected chi connectivity index (χ2v) is 8.37. The van der Waals surface area contributed by atoms with E-state index >= 15 is 0 Å². The quantitative estimate of drug-likeness (QED) is 0.698. The number of hydrogen-bond acceptors (Lipinski definition) is 3. The van der Waals surface area contributed by atoms with Crippen LogP contribution < -0.4 is 10.0 Å². The zero-order valence-electron chi connectivity index (χ0n) is 15.5. The smallest absolute Gasteiger partial charge is 0.229 e. The molecule has 0 saturated heterocycles. The van der Waals surface area contributed by atoms with Crippen LogP contribution in [0.2, 0.25) is 0 Å². The third-order valence-corrected chi connectivity index (χ3v) is 4.76. The zero-order valence-corrected chi connectivity index (χ0v) is 16.3. The molecule has 6 heteroatoms. The van der Waals surface area contributed by atoms with E-state index in [4.69, 9.17) is 0 Å². The van der Waals surface area contributed by atoms with Crippen LogP contribution in [0.15, 0.2) is 42.5 Å². The monoisotopic (exact) mass is 374 g/mol. The van der Waals surface area contributed by atoms with Gasteiger partial charge in [-0.15, -0.1) is 0 Å². The first kappa shape index (κ1) is 20.0. The third kappa shape index (κ3) is 6.88. The first-order chi connectivity index (χ1) is 12.2. The Balaban J connectivity index is 1.73. The summed E-state index contributed by atoms with van der Waals surface area (Å²) in [6.45, 7) is 4.85. The zero-order chi connectivity index (χ0) is 19.2. The molecule has 0 spiro atoms. The number of carbonyl (C=O) groups is 1. The SMILES string of the molecule is Cc1ccc(CCCNC(=O)Cc2ccc(NS(C)(=O)=O)cc2)cc1C. The summed E-state index contributed by atoms with van der Waals surface area (Å²) < 4.78 is 24.7. The molecule has 0 radical (unpaired) electrons. The largest absolute Gasteiger partial charge is 0.356 e. The summed E-state index contributed by atoms with van der Waals surface area (Å²) in [5.74, 6) is -0.0334. The van der Waals surface area contributed by atoms with Crippen LogP contribution in [-0.2, 0) is 27.7 Å². The number of benzene rings is 2. The normalized spacial score (nSPS) is 11.2. The molecule has 2 aromatic rings. The van der Waals surface area contributed by atoms with Gasteiger partial charge in [0.15, 0.2) is 0 Å². The van der Waals surface area contributed by atoms with Crippen molar-refractivity contribution in [1.82, 2.24) is 5.32 Å². The van der Waals surface area contributed by atoms with Crippen molar-refractivity contribution < 1.29 is 13.2 Å². The maximum atomic E-state index is 12.0. The first-order valence-electron chi connectivity index (χ1n) is 8.62. The third-order valence-electron chi connectivity index (χ3n) is 4.16. The number of nitrogens with one attached hydrogen (secondary N) is 2. The molecule has 2 N–H and O–H groups in total. The van der Waals surface area contributed by atoms with Gasteiger partial charge in [0.1, 0.15) is 0 Å². The molecule has 0 heterocycles. The molecule has 0 fully saturated rings. The molecule has 0 saturated carbocycles. The minimum atomic E-state index is -3.29. The number of amides is 1. The molecule has 0 aliphatic heterocycles. The van der Waals surface area contributed by atoms with Gasteiger partial charge >= 0.3 is 0 Å². The molecule has 2 aromatic carbocycles. The van der Waals surface area contributed by atoms with Crippen molar-refractivity contribution in [2.45, 2.75) is 33.1 Å². The maximum absolute atomic E-state index is 12.0. The Morgan fingerprint density at radius 1 is 0.962 bits per heavy atom. The van der Waals surface area contributed by atoms with Gasteiger partial charge in [-0.25, -0.2) is 8.42 Å². The predicted molar refractivity (Wildman–Crippen MR) is 106 cm³/mol. The Labute approximate surface area is 155 Å². The van der Waals surface area contributed by atoms with E-state index < -0.39 is 10.0 Å². The van der Waals surface area contributed by atoms with Crippen molar-refractivity contribution in [1.29, 1.82) is 0 Å². The van der Waals surface area contributed by atoms with Crippen molar-refractivity contribution in [3.8, 4) is 0 Å². The predicted octanol–water partition coefficient (Wildman–Crippen LogP) is 2.97. The standard InChI is InChI=1S/C20H26N2O3S/c1-15-6-7-17(13-16(15)2)5-4-12-21-20(23)14-18-8-10-19(11-9-18)22-26(3,24)25/h6-11,13,22H,4-5,12,14H2,1-3H3,(H,21,23). The average molecular weight is 375 g/mol. The van der Waals surface area contributed by atoms with E-state index in [1.165, 1.54) is 16.7 Å². The highest BCUT2D eigenvalue weighted by molar-refractivity contribution is 7.92. The second-order valence-electron chi connectivity index (χ2n) is 6.62. The summed E-state index contributed by atoms with van der Waals surface area (Å²) in [5.41, 5.74) is 5.21. The van der Waals surface area contributed by atoms with Gasteiger partial charge in [-0.1, -0.05) is 30.3 Å². The lowest BCUT2D eigenvalue weighted by molar-refractivity contribution is -0.120. The van der Waals surface area contributed by atoms with E-state index in [1.807, 2.05) is 0 Å². The van der Waals surface area contributed by atoms with Crippen LogP contribution in [0.25, 0.3) is 0 Å². The Hall–Kier alpha value is -2.34. The van der Waals surface area contributed by atoms with Crippen molar-refractivity contribution in [2.24, 2.45) is 0 Å². The fourth-order valence-corrected chi connectivity index (χ4v) is 3.20. The Kier molecular flexibility index (Phi) is 6.80. The number of sulfonamides is 1. The van der Waals surface area contributed by atoms with Crippen LogP contribution in [-0.4, -0.2) is 27.1 Å². The highest BCUT2D eigenvalue weighted by Crippen LogP contribution is 2.12. The maximum Gasteiger partial charge on any atom is 0.229 e. The van der Waals surface area contributed by atoms with Crippen LogP contribution in [0.1, 0.15) is 28.7 Å². The highest BCUT2D eigenvalue weighted by Gasteiger charge is 2.05. The van der Waals surface area contributed by atoms with Gasteiger partial charge in [-0.2, -0.15) is 0 Å². The minimum absolute atomic E-state index is 0.0334. The summed E-state index contributed by atoms with van der Waals surface area (Å²) in [7, 11) is -3.29. The number of rotatable bonds is 8. The Bertz CT molecular complexity index is 859. The lowest BCUT2D eigenvalue weighted by Gasteiger charge is -2.08. The van der Waals surface area contributed by atoms with Crippen molar-refractivity contribution >= 4 is 21.6 Å². The van der Waals surface area contributed by atoms with E-state index in [0.29, 0.717) is 12.2 Å². The summed E-state index contributed by atoms with van der Waals surface area (Å²) in [6, 6.07) is 13.3. The lowest BCUT2D eigenvalue weighted by atomic mass is 10.0. The fraction of sp³-hybridized carbons (Fsp3) is 0.350. The van der Waals surface area contributed by atoms with Gasteiger partial charge in [-0.3, -0.25) is 9.52 Å². The van der Waals surface area contributed by atoms with Gasteiger partial charge in [0.05, 0.1) is 12.7 Å². The van der Waals surface area contributed by atoms with Gasteiger partial charge in [0.2, 0.25) is 15.9 Å². The van der Waals surface area contributed by atoms with Crippen LogP contribution in [0.5, 0.6) is 0 Å². The molecule has 2 rings (SSSR count). The molecular formula is C20H26N2O3S. The molecule has 0 aliphatic carbocycles. The molecule has 0 aromatic heterocycles. The second kappa shape index (κ2) is 8.85. The molecule has 0 atom stereocenters. The lowest BCUT2D eigenvalue weighted by Crippen LogP contribution is -2.26. The highest BCUT2D eigenvalue weighted by atomic mass is 32.2. The first-order valence-corrected chi connectivity index (χ1v) is 10.5. The number of aryl methyl sites for hydroxylation is 3. The molecule has 140 valence electrons. The van der Waals surface area contributed by atoms with Crippen molar-refractivity contribution in [2.75, 3.05) is 17.5 Å². The Morgan fingerprint density at radius 2 is 1.62 bits per heavy atom. The fourth-order valence-electron chi connectivity index (χ4n) is 2.63. The van der Waals surface area contributed by atoms with Gasteiger partial charge in [-0.05, 0) is 61.1 Å². The van der Waals surface area contributed by atoms with E-state index in [-0.39, 0.29) is 12.3 Å². The Morgan fingerprint density at radius 3 is 2.23 bits per heavy atom. The molecule has 0 unspecified atom stereocenters. The van der Waals surface area contributed by atoms with Gasteiger partial charge in [0, 0.05) is 12.2 Å². The summed E-state index contributed by atoms with van der Waals surface area (Å²) in [5, 5.41) is 2.93. The van der Waals surface area contributed by atoms with E-state index in [2.05, 4.69) is 42.1 Å². The van der Waals surface area contributed by atoms with Crippen LogP contribution >= 0.6 is 0 Å². The molecular weight excluding hydrogens is 348 g/mol. The molecule has 1 amide bonds. The minimum Gasteiger partial charge on any atom is -0.356 e. The van der Waals surface area contributed by atoms with Gasteiger partial charge < -0.3 is 5.32 Å². The number of carbonyl (C=O) groups excluding carboxylic acids is 1. The number of hydrogen-bond donors (Lipinski definition) is 2. The molecule has 5 nitrogen and oxygen atoms in total. The molecule has 0 aliphatic rings. The van der Waals surface area contributed by atoms with Crippen LogP contribution in [0, 0.1) is 13.8 Å². The van der Waals surface area contributed by atoms with Gasteiger partial charge in [0.25, 0.3) is 0 Å². The van der Waals surface area contributed by atoms with E-state index in [0.717, 1.165) is 24.7 Å². The molecule has 0 bridgehead atoms. The summed E-state index contributed by atoms with van der Waals surface area (Å²) in [4.78, 5) is 12.0. The van der Waals surface area contributed by atoms with Crippen LogP contribution in [0.4, 0.5) is 5.69 Å². The van der Waals surface area contributed by atoms with E-state index in [9.17, 15) is 13.2 Å². The summed E-state index contributed by atoms with van der Waals surface area (Å²) >= 11 is 0. The van der Waals surface area contributed by atoms with Crippen molar-refractivity contribution in [3.05, 3.63) is 64.7 Å². The summed E-state index contributed by atoms with van der Waals surface area (Å²) in [6.07, 6.45) is 3.22.